The first-order valence-electron chi connectivity index (χ1n) is 5.22. The van der Waals surface area contributed by atoms with Gasteiger partial charge in [-0.25, -0.2) is 4.98 Å². The smallest absolute Gasteiger partial charge is 0.222 e. The summed E-state index contributed by atoms with van der Waals surface area (Å²) >= 11 is 1.50. The molecule has 0 saturated carbocycles. The van der Waals surface area contributed by atoms with Crippen LogP contribution in [0, 0.1) is 0 Å². The summed E-state index contributed by atoms with van der Waals surface area (Å²) in [6.07, 6.45) is 2.40. The molecule has 2 rings (SSSR count). The van der Waals surface area contributed by atoms with E-state index in [1.807, 2.05) is 11.8 Å². The Morgan fingerprint density at radius 3 is 3.20 bits per heavy atom. The Balaban J connectivity index is 2.08. The fraction of sp³-hybridized carbons (Fsp3) is 0.600. The predicted octanol–water partition coefficient (Wildman–Crippen LogP) is 1.41. The molecule has 4 nitrogen and oxygen atoms in total. The lowest BCUT2D eigenvalue weighted by atomic mass is 10.1. The van der Waals surface area contributed by atoms with Crippen LogP contribution in [0.4, 0.5) is 5.13 Å². The van der Waals surface area contributed by atoms with E-state index in [2.05, 4.69) is 4.98 Å². The van der Waals surface area contributed by atoms with Crippen LogP contribution in [0.25, 0.3) is 0 Å². The number of hydrogen-bond donors (Lipinski definition) is 1. The standard InChI is InChI=1S/C10H15N3OS/c1-2-3-9(14)13-5-4-7-8(6-13)15-10(11)12-7/h2-6H2,1H3,(H2,11,12). The number of thiazole rings is 1. The summed E-state index contributed by atoms with van der Waals surface area (Å²) in [6.45, 7) is 3.51. The molecule has 0 aliphatic carbocycles. The maximum Gasteiger partial charge on any atom is 0.222 e. The molecule has 0 atom stereocenters. The highest BCUT2D eigenvalue weighted by molar-refractivity contribution is 7.15. The minimum absolute atomic E-state index is 0.245. The number of anilines is 1. The van der Waals surface area contributed by atoms with Crippen molar-refractivity contribution in [2.45, 2.75) is 32.7 Å². The summed E-state index contributed by atoms with van der Waals surface area (Å²) in [5.74, 6) is 0.245. The van der Waals surface area contributed by atoms with Gasteiger partial charge in [-0.1, -0.05) is 6.92 Å². The van der Waals surface area contributed by atoms with Crippen LogP contribution in [-0.4, -0.2) is 22.3 Å². The molecule has 0 saturated heterocycles. The van der Waals surface area contributed by atoms with Crippen molar-refractivity contribution in [3.8, 4) is 0 Å². The first-order valence-corrected chi connectivity index (χ1v) is 6.04. The SMILES string of the molecule is CCCC(=O)N1CCc2nc(N)sc2C1. The molecule has 82 valence electrons. The maximum absolute atomic E-state index is 11.7. The van der Waals surface area contributed by atoms with Crippen LogP contribution >= 0.6 is 11.3 Å². The minimum Gasteiger partial charge on any atom is -0.375 e. The Labute approximate surface area is 93.1 Å². The minimum atomic E-state index is 0.245. The molecule has 0 radical (unpaired) electrons. The highest BCUT2D eigenvalue weighted by Crippen LogP contribution is 2.26. The van der Waals surface area contributed by atoms with Gasteiger partial charge in [-0.05, 0) is 6.42 Å². The molecule has 0 unspecified atom stereocenters. The van der Waals surface area contributed by atoms with Crippen molar-refractivity contribution in [3.63, 3.8) is 0 Å². The van der Waals surface area contributed by atoms with E-state index in [-0.39, 0.29) is 5.91 Å². The summed E-state index contributed by atoms with van der Waals surface area (Å²) in [5.41, 5.74) is 6.72. The quantitative estimate of drug-likeness (QED) is 0.828. The van der Waals surface area contributed by atoms with Crippen LogP contribution in [0.3, 0.4) is 0 Å². The van der Waals surface area contributed by atoms with Crippen molar-refractivity contribution < 1.29 is 4.79 Å². The van der Waals surface area contributed by atoms with Crippen LogP contribution in [0.15, 0.2) is 0 Å². The Hall–Kier alpha value is -1.10. The Bertz CT molecular complexity index is 375. The zero-order valence-corrected chi connectivity index (χ0v) is 9.64. The van der Waals surface area contributed by atoms with Gasteiger partial charge in [0.05, 0.1) is 12.2 Å². The van der Waals surface area contributed by atoms with E-state index in [1.165, 1.54) is 11.3 Å². The van der Waals surface area contributed by atoms with E-state index >= 15 is 0 Å². The lowest BCUT2D eigenvalue weighted by Crippen LogP contribution is -2.35. The van der Waals surface area contributed by atoms with Crippen molar-refractivity contribution in [2.24, 2.45) is 0 Å². The number of carbonyl (C=O) groups is 1. The largest absolute Gasteiger partial charge is 0.375 e. The number of nitrogens with two attached hydrogens (primary N) is 1. The summed E-state index contributed by atoms with van der Waals surface area (Å²) in [4.78, 5) is 19.0. The van der Waals surface area contributed by atoms with Crippen LogP contribution in [0.5, 0.6) is 0 Å². The average Bonchev–Trinajstić information content (AvgIpc) is 2.57. The number of hydrogen-bond acceptors (Lipinski definition) is 4. The molecule has 1 aromatic rings. The van der Waals surface area contributed by atoms with Gasteiger partial charge in [0.2, 0.25) is 5.91 Å². The van der Waals surface area contributed by atoms with Gasteiger partial charge in [0, 0.05) is 24.3 Å². The first kappa shape index (κ1) is 10.4. The third-order valence-electron chi connectivity index (χ3n) is 2.56. The third-order valence-corrected chi connectivity index (χ3v) is 3.48. The van der Waals surface area contributed by atoms with Crippen LogP contribution in [-0.2, 0) is 17.8 Å². The summed E-state index contributed by atoms with van der Waals surface area (Å²) in [6, 6.07) is 0. The van der Waals surface area contributed by atoms with Gasteiger partial charge in [0.25, 0.3) is 0 Å². The topological polar surface area (TPSA) is 59.2 Å². The van der Waals surface area contributed by atoms with E-state index in [1.54, 1.807) is 0 Å². The maximum atomic E-state index is 11.7. The van der Waals surface area contributed by atoms with E-state index in [0.717, 1.165) is 30.0 Å². The van der Waals surface area contributed by atoms with Gasteiger partial charge in [-0.15, -0.1) is 11.3 Å². The molecular formula is C10H15N3OS. The number of aromatic nitrogens is 1. The van der Waals surface area contributed by atoms with Gasteiger partial charge >= 0.3 is 0 Å². The van der Waals surface area contributed by atoms with Crippen molar-refractivity contribution in [1.29, 1.82) is 0 Å². The van der Waals surface area contributed by atoms with Crippen molar-refractivity contribution in [2.75, 3.05) is 12.3 Å². The number of amides is 1. The molecule has 0 bridgehead atoms. The Kier molecular flexibility index (Phi) is 2.90. The summed E-state index contributed by atoms with van der Waals surface area (Å²) in [5, 5.41) is 0.616. The van der Waals surface area contributed by atoms with Gasteiger partial charge in [0.1, 0.15) is 0 Å². The van der Waals surface area contributed by atoms with Gasteiger partial charge in [-0.2, -0.15) is 0 Å². The van der Waals surface area contributed by atoms with Crippen LogP contribution in [0.1, 0.15) is 30.3 Å². The normalized spacial score (nSPS) is 15.1. The number of rotatable bonds is 2. The zero-order chi connectivity index (χ0) is 10.8. The second-order valence-corrected chi connectivity index (χ2v) is 4.85. The molecule has 5 heteroatoms. The fourth-order valence-corrected chi connectivity index (χ4v) is 2.69. The zero-order valence-electron chi connectivity index (χ0n) is 8.82. The summed E-state index contributed by atoms with van der Waals surface area (Å²) < 4.78 is 0. The lowest BCUT2D eigenvalue weighted by molar-refractivity contribution is -0.132. The number of nitrogens with zero attached hydrogens (tertiary/aromatic N) is 2. The second-order valence-electron chi connectivity index (χ2n) is 3.74. The van der Waals surface area contributed by atoms with Gasteiger partial charge in [-0.3, -0.25) is 4.79 Å². The van der Waals surface area contributed by atoms with Crippen molar-refractivity contribution in [3.05, 3.63) is 10.6 Å². The molecular weight excluding hydrogens is 210 g/mol. The average molecular weight is 225 g/mol. The number of nitrogen functional groups attached to an aromatic ring is 1. The third kappa shape index (κ3) is 2.12. The molecule has 1 aromatic heterocycles. The van der Waals surface area contributed by atoms with Crippen LogP contribution < -0.4 is 5.73 Å². The first-order chi connectivity index (χ1) is 7.20. The highest BCUT2D eigenvalue weighted by Gasteiger charge is 2.22. The molecule has 2 heterocycles. The monoisotopic (exact) mass is 225 g/mol. The van der Waals surface area contributed by atoms with Crippen molar-refractivity contribution in [1.82, 2.24) is 9.88 Å². The fourth-order valence-electron chi connectivity index (χ4n) is 1.80. The Morgan fingerprint density at radius 1 is 1.67 bits per heavy atom. The molecule has 1 aliphatic heterocycles. The van der Waals surface area contributed by atoms with E-state index in [4.69, 9.17) is 5.73 Å². The molecule has 1 amide bonds. The molecule has 0 aromatic carbocycles. The van der Waals surface area contributed by atoms with Crippen molar-refractivity contribution >= 4 is 22.4 Å². The predicted molar refractivity (Wildman–Crippen MR) is 60.6 cm³/mol. The van der Waals surface area contributed by atoms with E-state index in [9.17, 15) is 4.79 Å². The summed E-state index contributed by atoms with van der Waals surface area (Å²) in [7, 11) is 0. The molecule has 0 fully saturated rings. The molecule has 2 N–H and O–H groups in total. The van der Waals surface area contributed by atoms with Gasteiger partial charge < -0.3 is 10.6 Å². The molecule has 1 aliphatic rings. The van der Waals surface area contributed by atoms with Gasteiger partial charge in [0.15, 0.2) is 5.13 Å². The van der Waals surface area contributed by atoms with E-state index in [0.29, 0.717) is 18.1 Å². The second kappa shape index (κ2) is 4.18. The molecule has 15 heavy (non-hydrogen) atoms. The van der Waals surface area contributed by atoms with E-state index < -0.39 is 0 Å². The highest BCUT2D eigenvalue weighted by atomic mass is 32.1. The molecule has 0 spiro atoms. The number of carbonyl (C=O) groups excluding carboxylic acids is 1. The Morgan fingerprint density at radius 2 is 2.47 bits per heavy atom. The number of fused-ring (bicyclic) bond motifs is 1. The lowest BCUT2D eigenvalue weighted by Gasteiger charge is -2.25. The van der Waals surface area contributed by atoms with Crippen LogP contribution in [0.2, 0.25) is 0 Å².